The summed E-state index contributed by atoms with van der Waals surface area (Å²) in [5.41, 5.74) is 0.267. The molecule has 0 N–H and O–H groups in total. The van der Waals surface area contributed by atoms with Crippen LogP contribution in [-0.4, -0.2) is 9.13 Å². The van der Waals surface area contributed by atoms with Gasteiger partial charge in [-0.3, -0.25) is 13.9 Å². The normalized spacial score (nSPS) is 10.5. The molecule has 0 spiro atoms. The second kappa shape index (κ2) is 4.22. The summed E-state index contributed by atoms with van der Waals surface area (Å²) in [4.78, 5) is 23.6. The van der Waals surface area contributed by atoms with Gasteiger partial charge in [0.1, 0.15) is 5.02 Å². The quantitative estimate of drug-likeness (QED) is 0.770. The van der Waals surface area contributed by atoms with Gasteiger partial charge in [-0.25, -0.2) is 4.79 Å². The van der Waals surface area contributed by atoms with Crippen molar-refractivity contribution in [1.82, 2.24) is 9.13 Å². The summed E-state index contributed by atoms with van der Waals surface area (Å²) in [6.07, 6.45) is 0. The number of hydrogen-bond donors (Lipinski definition) is 0. The predicted octanol–water partition coefficient (Wildman–Crippen LogP) is 1.50. The van der Waals surface area contributed by atoms with Gasteiger partial charge in [-0.15, -0.1) is 0 Å². The van der Waals surface area contributed by atoms with Crippen LogP contribution >= 0.6 is 11.6 Å². The molecule has 0 amide bonds. The zero-order valence-corrected chi connectivity index (χ0v) is 10.2. The summed E-state index contributed by atoms with van der Waals surface area (Å²) in [7, 11) is 1.41. The molecule has 1 aromatic heterocycles. The van der Waals surface area contributed by atoms with Gasteiger partial charge in [-0.05, 0) is 19.1 Å². The number of benzene rings is 1. The molecule has 0 aliphatic heterocycles. The van der Waals surface area contributed by atoms with Crippen LogP contribution in [0.15, 0.2) is 39.9 Å². The van der Waals surface area contributed by atoms with Crippen LogP contribution in [0.25, 0.3) is 5.69 Å². The minimum atomic E-state index is -0.471. The van der Waals surface area contributed by atoms with E-state index in [9.17, 15) is 9.59 Å². The summed E-state index contributed by atoms with van der Waals surface area (Å²) in [6.45, 7) is 1.65. The van der Waals surface area contributed by atoms with Gasteiger partial charge in [0.25, 0.3) is 5.56 Å². The van der Waals surface area contributed by atoms with Crippen molar-refractivity contribution >= 4 is 11.6 Å². The van der Waals surface area contributed by atoms with Gasteiger partial charge in [0, 0.05) is 12.7 Å². The molecule has 1 heterocycles. The first-order valence-corrected chi connectivity index (χ1v) is 5.45. The van der Waals surface area contributed by atoms with Crippen molar-refractivity contribution in [2.45, 2.75) is 6.92 Å². The van der Waals surface area contributed by atoms with Crippen LogP contribution in [0.3, 0.4) is 0 Å². The molecule has 2 aromatic rings. The highest BCUT2D eigenvalue weighted by atomic mass is 35.5. The summed E-state index contributed by atoms with van der Waals surface area (Å²) >= 11 is 5.92. The Hall–Kier alpha value is -1.81. The number of nitrogens with zero attached hydrogens (tertiary/aromatic N) is 2. The highest BCUT2D eigenvalue weighted by Crippen LogP contribution is 2.12. The van der Waals surface area contributed by atoms with Gasteiger partial charge in [0.2, 0.25) is 0 Å². The maximum absolute atomic E-state index is 12.0. The van der Waals surface area contributed by atoms with E-state index in [0.717, 1.165) is 4.57 Å². The number of hydrogen-bond acceptors (Lipinski definition) is 2. The number of rotatable bonds is 1. The largest absolute Gasteiger partial charge is 0.335 e. The number of halogens is 1. The van der Waals surface area contributed by atoms with Gasteiger partial charge in [-0.1, -0.05) is 29.8 Å². The second-order valence-electron chi connectivity index (χ2n) is 3.72. The van der Waals surface area contributed by atoms with E-state index in [2.05, 4.69) is 0 Å². The monoisotopic (exact) mass is 250 g/mol. The van der Waals surface area contributed by atoms with E-state index in [4.69, 9.17) is 11.6 Å². The van der Waals surface area contributed by atoms with Crippen molar-refractivity contribution in [3.8, 4) is 5.69 Å². The molecular weight excluding hydrogens is 240 g/mol. The van der Waals surface area contributed by atoms with E-state index >= 15 is 0 Å². The third kappa shape index (κ3) is 1.80. The zero-order chi connectivity index (χ0) is 12.6. The van der Waals surface area contributed by atoms with Crippen LogP contribution in [-0.2, 0) is 7.05 Å². The average Bonchev–Trinajstić information content (AvgIpc) is 2.36. The van der Waals surface area contributed by atoms with Crippen LogP contribution in [0.2, 0.25) is 5.02 Å². The molecule has 0 aliphatic carbocycles. The smallest absolute Gasteiger partial charge is 0.267 e. The SMILES string of the molecule is Cc1c(Cl)c(=O)n(C)c(=O)n1-c1ccccc1. The maximum atomic E-state index is 12.0. The Balaban J connectivity index is 2.90. The van der Waals surface area contributed by atoms with Crippen LogP contribution < -0.4 is 11.2 Å². The van der Waals surface area contributed by atoms with E-state index < -0.39 is 11.2 Å². The molecular formula is C12H11ClN2O2. The molecule has 17 heavy (non-hydrogen) atoms. The molecule has 0 bridgehead atoms. The second-order valence-corrected chi connectivity index (χ2v) is 4.10. The Labute approximate surface area is 103 Å². The van der Waals surface area contributed by atoms with Gasteiger partial charge in [0.15, 0.2) is 0 Å². The first kappa shape index (κ1) is 11.7. The fourth-order valence-electron chi connectivity index (χ4n) is 1.66. The van der Waals surface area contributed by atoms with Crippen molar-refractivity contribution in [2.75, 3.05) is 0 Å². The standard InChI is InChI=1S/C12H11ClN2O2/c1-8-10(13)11(16)14(2)12(17)15(8)9-6-4-3-5-7-9/h3-7H,1-2H3. The summed E-state index contributed by atoms with van der Waals surface area (Å²) in [6, 6.07) is 9.07. The Morgan fingerprint density at radius 3 is 2.29 bits per heavy atom. The minimum absolute atomic E-state index is 0.0657. The molecule has 5 heteroatoms. The molecule has 0 atom stereocenters. The van der Waals surface area contributed by atoms with E-state index in [0.29, 0.717) is 11.4 Å². The zero-order valence-electron chi connectivity index (χ0n) is 9.48. The molecule has 0 saturated heterocycles. The molecule has 1 aromatic carbocycles. The van der Waals surface area contributed by atoms with Crippen LogP contribution in [0.5, 0.6) is 0 Å². The topological polar surface area (TPSA) is 44.0 Å². The average molecular weight is 251 g/mol. The minimum Gasteiger partial charge on any atom is -0.267 e. The van der Waals surface area contributed by atoms with E-state index in [-0.39, 0.29) is 5.02 Å². The predicted molar refractivity (Wildman–Crippen MR) is 67.0 cm³/mol. The van der Waals surface area contributed by atoms with Crippen molar-refractivity contribution < 1.29 is 0 Å². The Morgan fingerprint density at radius 1 is 1.12 bits per heavy atom. The van der Waals surface area contributed by atoms with Crippen molar-refractivity contribution in [1.29, 1.82) is 0 Å². The molecule has 0 aliphatic rings. The molecule has 0 unspecified atom stereocenters. The summed E-state index contributed by atoms with van der Waals surface area (Å²) in [5.74, 6) is 0. The molecule has 88 valence electrons. The fourth-order valence-corrected chi connectivity index (χ4v) is 1.87. The Bertz CT molecular complexity index is 671. The first-order valence-electron chi connectivity index (χ1n) is 5.07. The van der Waals surface area contributed by atoms with E-state index in [1.807, 2.05) is 18.2 Å². The number of aromatic nitrogens is 2. The molecule has 2 rings (SSSR count). The van der Waals surface area contributed by atoms with Crippen LogP contribution in [0.1, 0.15) is 5.69 Å². The van der Waals surface area contributed by atoms with Crippen molar-refractivity contribution in [3.63, 3.8) is 0 Å². The first-order chi connectivity index (χ1) is 8.04. The molecule has 4 nitrogen and oxygen atoms in total. The van der Waals surface area contributed by atoms with E-state index in [1.54, 1.807) is 19.1 Å². The summed E-state index contributed by atoms with van der Waals surface area (Å²) < 4.78 is 2.42. The lowest BCUT2D eigenvalue weighted by Crippen LogP contribution is -2.38. The van der Waals surface area contributed by atoms with E-state index in [1.165, 1.54) is 11.6 Å². The third-order valence-electron chi connectivity index (χ3n) is 2.64. The molecule has 0 saturated carbocycles. The maximum Gasteiger partial charge on any atom is 0.335 e. The molecule has 0 fully saturated rings. The Kier molecular flexibility index (Phi) is 2.90. The van der Waals surface area contributed by atoms with Crippen molar-refractivity contribution in [3.05, 3.63) is 61.9 Å². The highest BCUT2D eigenvalue weighted by Gasteiger charge is 2.13. The van der Waals surface area contributed by atoms with Gasteiger partial charge in [0.05, 0.1) is 5.69 Å². The van der Waals surface area contributed by atoms with Crippen molar-refractivity contribution in [2.24, 2.45) is 7.05 Å². The van der Waals surface area contributed by atoms with Gasteiger partial charge >= 0.3 is 5.69 Å². The summed E-state index contributed by atoms with van der Waals surface area (Å²) in [5, 5.41) is 0.0657. The van der Waals surface area contributed by atoms with Crippen LogP contribution in [0.4, 0.5) is 0 Å². The van der Waals surface area contributed by atoms with Crippen LogP contribution in [0, 0.1) is 6.92 Å². The third-order valence-corrected chi connectivity index (χ3v) is 3.07. The number of para-hydroxylation sites is 1. The van der Waals surface area contributed by atoms with Gasteiger partial charge in [-0.2, -0.15) is 0 Å². The van der Waals surface area contributed by atoms with Gasteiger partial charge < -0.3 is 0 Å². The highest BCUT2D eigenvalue weighted by molar-refractivity contribution is 6.31. The fraction of sp³-hybridized carbons (Fsp3) is 0.167. The lowest BCUT2D eigenvalue weighted by atomic mass is 10.3. The lowest BCUT2D eigenvalue weighted by Gasteiger charge is -2.12. The lowest BCUT2D eigenvalue weighted by molar-refractivity contribution is 0.713. The molecule has 0 radical (unpaired) electrons. The Morgan fingerprint density at radius 2 is 1.71 bits per heavy atom.